The van der Waals surface area contributed by atoms with Gasteiger partial charge in [0.05, 0.1) is 4.91 Å². The van der Waals surface area contributed by atoms with Crippen molar-refractivity contribution in [2.24, 2.45) is 0 Å². The van der Waals surface area contributed by atoms with Gasteiger partial charge in [0, 0.05) is 33.5 Å². The van der Waals surface area contributed by atoms with Gasteiger partial charge in [0.2, 0.25) is 5.91 Å². The molecule has 9 heteroatoms. The number of halogens is 1. The molecule has 0 radical (unpaired) electrons. The van der Waals surface area contributed by atoms with Crippen molar-refractivity contribution >= 4 is 80.0 Å². The van der Waals surface area contributed by atoms with E-state index in [0.29, 0.717) is 27.2 Å². The van der Waals surface area contributed by atoms with Crippen molar-refractivity contribution in [3.63, 3.8) is 0 Å². The molecule has 1 aliphatic rings. The average Bonchev–Trinajstić information content (AvgIpc) is 3.40. The molecule has 0 atom stereocenters. The van der Waals surface area contributed by atoms with Gasteiger partial charge in [-0.15, -0.1) is 11.3 Å². The smallest absolute Gasteiger partial charge is 0.266 e. The highest BCUT2D eigenvalue weighted by molar-refractivity contribution is 8.26. The van der Waals surface area contributed by atoms with E-state index in [1.807, 2.05) is 48.0 Å². The summed E-state index contributed by atoms with van der Waals surface area (Å²) in [6.07, 6.45) is 4.39. The van der Waals surface area contributed by atoms with Crippen LogP contribution in [0.25, 0.3) is 17.0 Å². The van der Waals surface area contributed by atoms with Crippen molar-refractivity contribution in [2.75, 3.05) is 13.1 Å². The fraction of sp³-hybridized carbons (Fsp3) is 0.150. The predicted octanol–water partition coefficient (Wildman–Crippen LogP) is 4.44. The van der Waals surface area contributed by atoms with Crippen LogP contribution in [0.4, 0.5) is 0 Å². The lowest BCUT2D eigenvalue weighted by Crippen LogP contribution is -2.40. The van der Waals surface area contributed by atoms with Crippen molar-refractivity contribution in [3.05, 3.63) is 62.3 Å². The first-order valence-electron chi connectivity index (χ1n) is 8.82. The minimum absolute atomic E-state index is 0.0772. The minimum atomic E-state index is -0.239. The molecule has 2 aromatic heterocycles. The summed E-state index contributed by atoms with van der Waals surface area (Å²) < 4.78 is 0.402. The topological polar surface area (TPSA) is 65.2 Å². The van der Waals surface area contributed by atoms with Crippen LogP contribution in [0.5, 0.6) is 0 Å². The second-order valence-electron chi connectivity index (χ2n) is 6.39. The third-order valence-corrected chi connectivity index (χ3v) is 6.87. The number of aromatic nitrogens is 1. The number of hydrogen-bond acceptors (Lipinski definition) is 5. The van der Waals surface area contributed by atoms with Crippen molar-refractivity contribution in [2.45, 2.75) is 6.42 Å². The summed E-state index contributed by atoms with van der Waals surface area (Å²) in [5, 5.41) is 6.53. The lowest BCUT2D eigenvalue weighted by molar-refractivity contribution is -0.128. The summed E-state index contributed by atoms with van der Waals surface area (Å²) in [5.41, 5.74) is 2.08. The molecule has 3 aromatic rings. The number of nitrogens with one attached hydrogen (secondary N) is 2. The number of amides is 2. The molecule has 0 aliphatic carbocycles. The van der Waals surface area contributed by atoms with Crippen LogP contribution in [0.15, 0.2) is 46.8 Å². The van der Waals surface area contributed by atoms with Gasteiger partial charge in [0.25, 0.3) is 5.91 Å². The molecule has 3 heterocycles. The van der Waals surface area contributed by atoms with E-state index in [4.69, 9.17) is 23.8 Å². The van der Waals surface area contributed by atoms with Crippen molar-refractivity contribution in [3.8, 4) is 0 Å². The lowest BCUT2D eigenvalue weighted by Gasteiger charge is -2.14. The number of carbonyl (C=O) groups is 2. The number of thiocarbonyl (C=S) groups is 1. The van der Waals surface area contributed by atoms with E-state index in [9.17, 15) is 9.59 Å². The Kier molecular flexibility index (Phi) is 6.05. The first kappa shape index (κ1) is 20.2. The maximum absolute atomic E-state index is 12.6. The highest BCUT2D eigenvalue weighted by Gasteiger charge is 2.33. The van der Waals surface area contributed by atoms with Gasteiger partial charge < -0.3 is 10.3 Å². The van der Waals surface area contributed by atoms with Crippen LogP contribution in [0.3, 0.4) is 0 Å². The summed E-state index contributed by atoms with van der Waals surface area (Å²) >= 11 is 14.1. The van der Waals surface area contributed by atoms with Crippen LogP contribution in [-0.2, 0) is 16.0 Å². The van der Waals surface area contributed by atoms with Gasteiger partial charge in [0.15, 0.2) is 0 Å². The Morgan fingerprint density at radius 1 is 1.34 bits per heavy atom. The molecule has 0 spiro atoms. The van der Waals surface area contributed by atoms with E-state index in [2.05, 4.69) is 10.3 Å². The number of thiophene rings is 1. The maximum atomic E-state index is 12.6. The third-order valence-electron chi connectivity index (χ3n) is 4.44. The number of fused-ring (bicyclic) bond motifs is 1. The molecule has 0 bridgehead atoms. The van der Waals surface area contributed by atoms with Crippen LogP contribution in [0.1, 0.15) is 10.4 Å². The zero-order valence-electron chi connectivity index (χ0n) is 15.1. The summed E-state index contributed by atoms with van der Waals surface area (Å²) in [4.78, 5) is 31.0. The van der Waals surface area contributed by atoms with Crippen LogP contribution in [0, 0.1) is 0 Å². The van der Waals surface area contributed by atoms with Crippen molar-refractivity contribution in [1.29, 1.82) is 0 Å². The van der Waals surface area contributed by atoms with E-state index in [1.165, 1.54) is 16.7 Å². The van der Waals surface area contributed by atoms with Gasteiger partial charge >= 0.3 is 0 Å². The molecule has 1 saturated heterocycles. The van der Waals surface area contributed by atoms with E-state index >= 15 is 0 Å². The number of carbonyl (C=O) groups excluding carboxylic acids is 2. The van der Waals surface area contributed by atoms with Gasteiger partial charge in [-0.05, 0) is 47.7 Å². The molecule has 0 unspecified atom stereocenters. The maximum Gasteiger partial charge on any atom is 0.266 e. The number of aromatic amines is 1. The minimum Gasteiger partial charge on any atom is -0.361 e. The zero-order valence-corrected chi connectivity index (χ0v) is 18.3. The van der Waals surface area contributed by atoms with Crippen molar-refractivity contribution in [1.82, 2.24) is 15.2 Å². The first-order chi connectivity index (χ1) is 14.0. The average molecular weight is 462 g/mol. The Bertz CT molecular complexity index is 1120. The molecule has 0 saturated carbocycles. The zero-order chi connectivity index (χ0) is 20.4. The molecule has 5 nitrogen and oxygen atoms in total. The quantitative estimate of drug-likeness (QED) is 0.420. The fourth-order valence-corrected chi connectivity index (χ4v) is 5.18. The van der Waals surface area contributed by atoms with E-state index in [0.717, 1.165) is 21.3 Å². The lowest BCUT2D eigenvalue weighted by atomic mass is 10.1. The molecule has 148 valence electrons. The van der Waals surface area contributed by atoms with Gasteiger partial charge in [0.1, 0.15) is 10.9 Å². The number of thioether (sulfide) groups is 1. The molecule has 2 amide bonds. The SMILES string of the molecule is O=C(CN1C(=O)/C(=C/c2cccs2)SC1=S)NCCc1c[nH]c2ccc(Cl)cc12. The molecular formula is C20H16ClN3O2S3. The summed E-state index contributed by atoms with van der Waals surface area (Å²) in [7, 11) is 0. The van der Waals surface area contributed by atoms with Crippen LogP contribution in [-0.4, -0.2) is 39.1 Å². The van der Waals surface area contributed by atoms with Gasteiger partial charge in [-0.1, -0.05) is 41.6 Å². The molecule has 1 aliphatic heterocycles. The third kappa shape index (κ3) is 4.56. The van der Waals surface area contributed by atoms with E-state index in [-0.39, 0.29) is 18.4 Å². The highest BCUT2D eigenvalue weighted by Crippen LogP contribution is 2.33. The monoisotopic (exact) mass is 461 g/mol. The number of H-pyrrole nitrogens is 1. The Balaban J connectivity index is 1.33. The molecule has 1 fully saturated rings. The predicted molar refractivity (Wildman–Crippen MR) is 124 cm³/mol. The Morgan fingerprint density at radius 3 is 3.00 bits per heavy atom. The Labute approximate surface area is 186 Å². The normalized spacial score (nSPS) is 15.6. The van der Waals surface area contributed by atoms with Gasteiger partial charge in [-0.25, -0.2) is 0 Å². The largest absolute Gasteiger partial charge is 0.361 e. The van der Waals surface area contributed by atoms with Crippen LogP contribution < -0.4 is 5.32 Å². The van der Waals surface area contributed by atoms with Crippen LogP contribution in [0.2, 0.25) is 5.02 Å². The second kappa shape index (κ2) is 8.71. The molecule has 2 N–H and O–H groups in total. The molecule has 4 rings (SSSR count). The van der Waals surface area contributed by atoms with Gasteiger partial charge in [-0.3, -0.25) is 14.5 Å². The van der Waals surface area contributed by atoms with Crippen LogP contribution >= 0.6 is 46.9 Å². The van der Waals surface area contributed by atoms with Gasteiger partial charge in [-0.2, -0.15) is 0 Å². The summed E-state index contributed by atoms with van der Waals surface area (Å²) in [6, 6.07) is 9.53. The summed E-state index contributed by atoms with van der Waals surface area (Å²) in [5.74, 6) is -0.466. The Hall–Kier alpha value is -2.13. The number of benzene rings is 1. The second-order valence-corrected chi connectivity index (χ2v) is 9.48. The van der Waals surface area contributed by atoms with Crippen molar-refractivity contribution < 1.29 is 9.59 Å². The highest BCUT2D eigenvalue weighted by atomic mass is 35.5. The number of hydrogen-bond donors (Lipinski definition) is 2. The van der Waals surface area contributed by atoms with E-state index < -0.39 is 0 Å². The Morgan fingerprint density at radius 2 is 2.21 bits per heavy atom. The molecular weight excluding hydrogens is 446 g/mol. The number of nitrogens with zero attached hydrogens (tertiary/aromatic N) is 1. The molecule has 1 aromatic carbocycles. The fourth-order valence-electron chi connectivity index (χ4n) is 3.03. The first-order valence-corrected chi connectivity index (χ1v) is 11.3. The summed E-state index contributed by atoms with van der Waals surface area (Å²) in [6.45, 7) is 0.379. The van der Waals surface area contributed by atoms with E-state index in [1.54, 1.807) is 11.3 Å². The standard InChI is InChI=1S/C20H16ClN3O2S3/c21-13-3-4-16-15(8-13)12(10-23-16)5-6-22-18(25)11-24-19(26)17(29-20(24)27)9-14-2-1-7-28-14/h1-4,7-10,23H,5-6,11H2,(H,22,25)/b17-9-. The number of rotatable bonds is 6. The molecule has 29 heavy (non-hydrogen) atoms.